The van der Waals surface area contributed by atoms with Crippen LogP contribution in [0.5, 0.6) is 0 Å². The zero-order valence-corrected chi connectivity index (χ0v) is 22.9. The number of esters is 3. The number of aliphatic imine (C=N–C) groups is 1. The first-order chi connectivity index (χ1) is 16.7. The molecule has 0 bridgehead atoms. The minimum absolute atomic E-state index is 0.0602. The van der Waals surface area contributed by atoms with E-state index in [2.05, 4.69) is 10.9 Å². The van der Waals surface area contributed by atoms with Gasteiger partial charge in [0.25, 0.3) is 0 Å². The Labute approximate surface area is 213 Å². The molecule has 0 aromatic heterocycles. The first-order valence-corrected chi connectivity index (χ1v) is 11.9. The highest BCUT2D eigenvalue weighted by atomic mass is 16.5. The Hall–Kier alpha value is -3.45. The second kappa shape index (κ2) is 13.0. The van der Waals surface area contributed by atoms with Gasteiger partial charge in [0.2, 0.25) is 0 Å². The highest BCUT2D eigenvalue weighted by Gasteiger charge is 2.44. The monoisotopic (exact) mass is 502 g/mol. The first-order valence-electron chi connectivity index (χ1n) is 11.9. The Morgan fingerprint density at radius 1 is 0.944 bits per heavy atom. The standard InChI is InChI=1S/C27H38N2O7/c1-11-36-26(33)23(30)29(21-18(16(2)3)13-12-14-19(21)17(4)5)22(25(32)35-10)20(24(31)34-9)15-28-27(6,7)8/h12-14,16-17,22H,11H2,1-10H3. The van der Waals surface area contributed by atoms with Crippen molar-refractivity contribution in [2.45, 2.75) is 78.8 Å². The van der Waals surface area contributed by atoms with Gasteiger partial charge in [-0.15, -0.1) is 0 Å². The van der Waals surface area contributed by atoms with Crippen LogP contribution >= 0.6 is 0 Å². The van der Waals surface area contributed by atoms with Crippen LogP contribution in [0.4, 0.5) is 5.69 Å². The topological polar surface area (TPSA) is 112 Å². The van der Waals surface area contributed by atoms with Crippen molar-refractivity contribution in [2.75, 3.05) is 25.7 Å². The molecule has 9 nitrogen and oxygen atoms in total. The van der Waals surface area contributed by atoms with Crippen LogP contribution in [-0.4, -0.2) is 62.1 Å². The number of hydrogen-bond donors (Lipinski definition) is 0. The maximum absolute atomic E-state index is 13.7. The van der Waals surface area contributed by atoms with E-state index in [1.54, 1.807) is 39.8 Å². The van der Waals surface area contributed by atoms with Gasteiger partial charge >= 0.3 is 23.8 Å². The van der Waals surface area contributed by atoms with Crippen LogP contribution in [0.3, 0.4) is 0 Å². The summed E-state index contributed by atoms with van der Waals surface area (Å²) in [5.41, 5.74) is 0.629. The summed E-state index contributed by atoms with van der Waals surface area (Å²) in [4.78, 5) is 57.9. The Kier molecular flexibility index (Phi) is 11.1. The lowest BCUT2D eigenvalue weighted by Crippen LogP contribution is -2.52. The molecule has 1 amide bonds. The summed E-state index contributed by atoms with van der Waals surface area (Å²) in [6.45, 7) is 14.5. The number of rotatable bonds is 8. The number of ether oxygens (including phenoxy) is 3. The molecule has 0 spiro atoms. The van der Waals surface area contributed by atoms with Gasteiger partial charge in [-0.05, 0) is 56.5 Å². The highest BCUT2D eigenvalue weighted by Crippen LogP contribution is 2.38. The van der Waals surface area contributed by atoms with E-state index < -0.39 is 35.4 Å². The molecule has 1 atom stereocenters. The van der Waals surface area contributed by atoms with Crippen molar-refractivity contribution in [1.29, 1.82) is 0 Å². The average molecular weight is 503 g/mol. The van der Waals surface area contributed by atoms with Crippen molar-refractivity contribution >= 4 is 35.4 Å². The molecule has 9 heteroatoms. The fourth-order valence-electron chi connectivity index (χ4n) is 3.45. The fraction of sp³-hybridized carbons (Fsp3) is 0.556. The molecule has 0 aliphatic rings. The van der Waals surface area contributed by atoms with Crippen molar-refractivity contribution < 1.29 is 33.4 Å². The number of amides is 1. The van der Waals surface area contributed by atoms with Crippen LogP contribution in [0, 0.1) is 0 Å². The zero-order chi connectivity index (χ0) is 27.8. The molecule has 1 aromatic rings. The smallest absolute Gasteiger partial charge is 0.397 e. The van der Waals surface area contributed by atoms with Gasteiger partial charge in [-0.3, -0.25) is 9.69 Å². The van der Waals surface area contributed by atoms with E-state index in [1.807, 2.05) is 33.8 Å². The van der Waals surface area contributed by atoms with Crippen LogP contribution in [0.1, 0.15) is 78.4 Å². The average Bonchev–Trinajstić information content (AvgIpc) is 2.81. The van der Waals surface area contributed by atoms with Gasteiger partial charge in [-0.25, -0.2) is 19.4 Å². The second-order valence-electron chi connectivity index (χ2n) is 9.72. The van der Waals surface area contributed by atoms with E-state index in [0.717, 1.165) is 19.1 Å². The van der Waals surface area contributed by atoms with Gasteiger partial charge in [0.15, 0.2) is 6.04 Å². The SMILES string of the molecule is CCOC(=O)C(=O)N(c1c(C(C)C)cccc1C(C)C)C(C(=O)OC)C(=C=NC(C)(C)C)C(=O)OC. The molecule has 198 valence electrons. The molecule has 0 saturated carbocycles. The predicted octanol–water partition coefficient (Wildman–Crippen LogP) is 3.94. The molecule has 1 aromatic carbocycles. The molecule has 36 heavy (non-hydrogen) atoms. The minimum Gasteiger partial charge on any atom is -0.467 e. The van der Waals surface area contributed by atoms with Crippen LogP contribution in [0.25, 0.3) is 0 Å². The van der Waals surface area contributed by atoms with E-state index in [9.17, 15) is 19.2 Å². The van der Waals surface area contributed by atoms with Gasteiger partial charge in [0.1, 0.15) is 5.57 Å². The van der Waals surface area contributed by atoms with E-state index in [-0.39, 0.29) is 24.0 Å². The van der Waals surface area contributed by atoms with Gasteiger partial charge in [-0.1, -0.05) is 45.9 Å². The summed E-state index contributed by atoms with van der Waals surface area (Å²) in [6.07, 6.45) is 0. The van der Waals surface area contributed by atoms with Crippen molar-refractivity contribution in [1.82, 2.24) is 0 Å². The summed E-state index contributed by atoms with van der Waals surface area (Å²) in [7, 11) is 2.25. The van der Waals surface area contributed by atoms with Crippen LogP contribution in [-0.2, 0) is 33.4 Å². The summed E-state index contributed by atoms with van der Waals surface area (Å²) in [6, 6.07) is 3.72. The number of para-hydroxylation sites is 1. The van der Waals surface area contributed by atoms with Crippen LogP contribution in [0.2, 0.25) is 0 Å². The fourth-order valence-corrected chi connectivity index (χ4v) is 3.45. The Morgan fingerprint density at radius 3 is 1.86 bits per heavy atom. The Bertz CT molecular complexity index is 1020. The van der Waals surface area contributed by atoms with Gasteiger partial charge in [0, 0.05) is 0 Å². The predicted molar refractivity (Wildman–Crippen MR) is 137 cm³/mol. The number of carbonyl (C=O) groups is 4. The Balaban J connectivity index is 4.28. The quantitative estimate of drug-likeness (QED) is 0.174. The molecular weight excluding hydrogens is 464 g/mol. The lowest BCUT2D eigenvalue weighted by molar-refractivity contribution is -0.154. The number of nitrogens with zero attached hydrogens (tertiary/aromatic N) is 2. The first kappa shape index (κ1) is 30.6. The molecule has 1 rings (SSSR count). The molecule has 0 heterocycles. The second-order valence-corrected chi connectivity index (χ2v) is 9.72. The molecule has 0 saturated heterocycles. The zero-order valence-electron chi connectivity index (χ0n) is 22.9. The summed E-state index contributed by atoms with van der Waals surface area (Å²) < 4.78 is 14.9. The summed E-state index contributed by atoms with van der Waals surface area (Å²) >= 11 is 0. The van der Waals surface area contributed by atoms with Gasteiger partial charge < -0.3 is 14.2 Å². The van der Waals surface area contributed by atoms with E-state index in [4.69, 9.17) is 14.2 Å². The van der Waals surface area contributed by atoms with Crippen molar-refractivity contribution in [3.63, 3.8) is 0 Å². The molecule has 0 aliphatic carbocycles. The summed E-state index contributed by atoms with van der Waals surface area (Å²) in [5.74, 6) is -1.84. The van der Waals surface area contributed by atoms with E-state index in [0.29, 0.717) is 16.8 Å². The van der Waals surface area contributed by atoms with Crippen LogP contribution < -0.4 is 4.90 Å². The largest absolute Gasteiger partial charge is 0.467 e. The Morgan fingerprint density at radius 2 is 1.47 bits per heavy atom. The van der Waals surface area contributed by atoms with Crippen molar-refractivity contribution in [3.05, 3.63) is 34.9 Å². The maximum atomic E-state index is 13.7. The van der Waals surface area contributed by atoms with Crippen LogP contribution in [0.15, 0.2) is 28.8 Å². The highest BCUT2D eigenvalue weighted by molar-refractivity contribution is 6.39. The number of carbonyl (C=O) groups excluding carboxylic acids is 4. The normalized spacial score (nSPS) is 11.9. The summed E-state index contributed by atoms with van der Waals surface area (Å²) in [5, 5.41) is 0. The molecule has 0 N–H and O–H groups in total. The van der Waals surface area contributed by atoms with Crippen molar-refractivity contribution in [3.8, 4) is 0 Å². The third-order valence-electron chi connectivity index (χ3n) is 5.13. The maximum Gasteiger partial charge on any atom is 0.397 e. The molecule has 0 fully saturated rings. The molecular formula is C27H38N2O7. The lowest BCUT2D eigenvalue weighted by Gasteiger charge is -2.34. The molecule has 0 aliphatic heterocycles. The molecule has 0 radical (unpaired) electrons. The van der Waals surface area contributed by atoms with Crippen molar-refractivity contribution in [2.24, 2.45) is 4.99 Å². The third-order valence-corrected chi connectivity index (χ3v) is 5.13. The van der Waals surface area contributed by atoms with Gasteiger partial charge in [0.05, 0.1) is 32.1 Å². The number of methoxy groups -OCH3 is 2. The number of anilines is 1. The van der Waals surface area contributed by atoms with Gasteiger partial charge in [-0.2, -0.15) is 0 Å². The minimum atomic E-state index is -1.72. The van der Waals surface area contributed by atoms with E-state index >= 15 is 0 Å². The third kappa shape index (κ3) is 7.52. The lowest BCUT2D eigenvalue weighted by atomic mass is 9.90. The van der Waals surface area contributed by atoms with E-state index in [1.165, 1.54) is 0 Å². The number of hydrogen-bond acceptors (Lipinski definition) is 8. The molecule has 1 unspecified atom stereocenters. The number of benzene rings is 1.